The van der Waals surface area contributed by atoms with E-state index in [1.54, 1.807) is 23.5 Å². The van der Waals surface area contributed by atoms with E-state index in [1.807, 2.05) is 13.1 Å². The fraction of sp³-hybridized carbons (Fsp3) is 0.267. The van der Waals surface area contributed by atoms with Crippen LogP contribution in [0, 0.1) is 0 Å². The zero-order valence-electron chi connectivity index (χ0n) is 11.0. The number of carbonyl (C=O) groups excluding carboxylic acids is 1. The van der Waals surface area contributed by atoms with E-state index < -0.39 is 0 Å². The molecule has 0 aliphatic carbocycles. The van der Waals surface area contributed by atoms with Crippen molar-refractivity contribution < 1.29 is 4.79 Å². The number of thiophene rings is 1. The number of likely N-dealkylation sites (N-methyl/N-ethyl adjacent to an activating group) is 1. The predicted molar refractivity (Wildman–Crippen MR) is 82.7 cm³/mol. The Morgan fingerprint density at radius 2 is 2.16 bits per heavy atom. The van der Waals surface area contributed by atoms with E-state index in [9.17, 15) is 4.79 Å². The van der Waals surface area contributed by atoms with Crippen molar-refractivity contribution in [3.8, 4) is 0 Å². The Labute approximate surface area is 122 Å². The molecule has 1 unspecified atom stereocenters. The van der Waals surface area contributed by atoms with Crippen LogP contribution in [0.3, 0.4) is 0 Å². The monoisotopic (exact) mass is 293 g/mol. The molecule has 0 radical (unpaired) electrons. The van der Waals surface area contributed by atoms with Gasteiger partial charge in [-0.05, 0) is 30.5 Å². The lowest BCUT2D eigenvalue weighted by molar-refractivity contribution is 0.112. The van der Waals surface area contributed by atoms with Crippen LogP contribution < -0.4 is 4.90 Å². The van der Waals surface area contributed by atoms with Crippen LogP contribution in [0.15, 0.2) is 35.7 Å². The van der Waals surface area contributed by atoms with Crippen LogP contribution in [0.25, 0.3) is 0 Å². The fourth-order valence-electron chi connectivity index (χ4n) is 2.08. The molecule has 2 nitrogen and oxygen atoms in total. The standard InChI is InChI=1S/C15H16ClNOS/c1-11(9-13-6-4-8-19-13)17(2)15-12(10-18)5-3-7-14(15)16/h3-8,10-11H,9H2,1-2H3. The van der Waals surface area contributed by atoms with Gasteiger partial charge in [0.05, 0.1) is 10.7 Å². The van der Waals surface area contributed by atoms with Gasteiger partial charge in [0, 0.05) is 30.0 Å². The third kappa shape index (κ3) is 3.17. The molecule has 4 heteroatoms. The number of nitrogens with zero attached hydrogens (tertiary/aromatic N) is 1. The number of hydrogen-bond acceptors (Lipinski definition) is 3. The highest BCUT2D eigenvalue weighted by Gasteiger charge is 2.17. The van der Waals surface area contributed by atoms with Crippen molar-refractivity contribution >= 4 is 34.9 Å². The first-order valence-electron chi connectivity index (χ1n) is 6.12. The smallest absolute Gasteiger partial charge is 0.152 e. The Kier molecular flexibility index (Phi) is 4.61. The van der Waals surface area contributed by atoms with Crippen LogP contribution in [-0.4, -0.2) is 19.4 Å². The topological polar surface area (TPSA) is 20.3 Å². The molecule has 1 aromatic carbocycles. The maximum atomic E-state index is 11.1. The summed E-state index contributed by atoms with van der Waals surface area (Å²) in [6, 6.07) is 9.87. The zero-order valence-corrected chi connectivity index (χ0v) is 12.5. The van der Waals surface area contributed by atoms with E-state index in [0.717, 1.165) is 18.4 Å². The number of hydrogen-bond donors (Lipinski definition) is 0. The first kappa shape index (κ1) is 14.1. The highest BCUT2D eigenvalue weighted by molar-refractivity contribution is 7.09. The van der Waals surface area contributed by atoms with E-state index >= 15 is 0 Å². The predicted octanol–water partition coefficient (Wildman–Crippen LogP) is 4.28. The molecule has 0 N–H and O–H groups in total. The van der Waals surface area contributed by atoms with E-state index in [0.29, 0.717) is 10.6 Å². The highest BCUT2D eigenvalue weighted by Crippen LogP contribution is 2.30. The van der Waals surface area contributed by atoms with Crippen LogP contribution in [-0.2, 0) is 6.42 Å². The van der Waals surface area contributed by atoms with Crippen molar-refractivity contribution in [2.24, 2.45) is 0 Å². The van der Waals surface area contributed by atoms with Gasteiger partial charge in [0.15, 0.2) is 6.29 Å². The maximum absolute atomic E-state index is 11.1. The summed E-state index contributed by atoms with van der Waals surface area (Å²) in [5, 5.41) is 2.69. The Morgan fingerprint density at radius 1 is 1.37 bits per heavy atom. The normalized spacial score (nSPS) is 12.2. The maximum Gasteiger partial charge on any atom is 0.152 e. The van der Waals surface area contributed by atoms with Gasteiger partial charge in [0.2, 0.25) is 0 Å². The number of para-hydroxylation sites is 1. The van der Waals surface area contributed by atoms with Gasteiger partial charge in [-0.3, -0.25) is 4.79 Å². The SMILES string of the molecule is CC(Cc1cccs1)N(C)c1c(Cl)cccc1C=O. The quantitative estimate of drug-likeness (QED) is 0.767. The van der Waals surface area contributed by atoms with Crippen LogP contribution >= 0.6 is 22.9 Å². The van der Waals surface area contributed by atoms with Crippen molar-refractivity contribution in [3.63, 3.8) is 0 Å². The average Bonchev–Trinajstić information content (AvgIpc) is 2.90. The first-order valence-corrected chi connectivity index (χ1v) is 7.38. The van der Waals surface area contributed by atoms with Gasteiger partial charge >= 0.3 is 0 Å². The van der Waals surface area contributed by atoms with Crippen molar-refractivity contribution in [3.05, 3.63) is 51.2 Å². The van der Waals surface area contributed by atoms with Crippen molar-refractivity contribution in [2.45, 2.75) is 19.4 Å². The van der Waals surface area contributed by atoms with E-state index in [-0.39, 0.29) is 6.04 Å². The number of anilines is 1. The Bertz CT molecular complexity index is 553. The largest absolute Gasteiger partial charge is 0.370 e. The summed E-state index contributed by atoms with van der Waals surface area (Å²) in [6.45, 7) is 2.14. The first-order chi connectivity index (χ1) is 9.13. The molecule has 2 rings (SSSR count). The lowest BCUT2D eigenvalue weighted by Gasteiger charge is -2.28. The molecule has 0 bridgehead atoms. The minimum Gasteiger partial charge on any atom is -0.370 e. The molecule has 19 heavy (non-hydrogen) atoms. The number of benzene rings is 1. The third-order valence-electron chi connectivity index (χ3n) is 3.24. The summed E-state index contributed by atoms with van der Waals surface area (Å²) >= 11 is 7.98. The minimum absolute atomic E-state index is 0.275. The molecule has 0 aliphatic heterocycles. The van der Waals surface area contributed by atoms with Gasteiger partial charge in [0.1, 0.15) is 0 Å². The van der Waals surface area contributed by atoms with Crippen molar-refractivity contribution in [2.75, 3.05) is 11.9 Å². The molecule has 0 saturated heterocycles. The second-order valence-corrected chi connectivity index (χ2v) is 5.98. The van der Waals surface area contributed by atoms with Gasteiger partial charge in [-0.25, -0.2) is 0 Å². The van der Waals surface area contributed by atoms with E-state index in [2.05, 4.69) is 29.3 Å². The molecule has 2 aromatic rings. The van der Waals surface area contributed by atoms with E-state index in [1.165, 1.54) is 4.88 Å². The summed E-state index contributed by atoms with van der Waals surface area (Å²) in [6.07, 6.45) is 1.80. The molecule has 0 spiro atoms. The second kappa shape index (κ2) is 6.22. The Balaban J connectivity index is 2.23. The Hall–Kier alpha value is -1.32. The molecule has 100 valence electrons. The van der Waals surface area contributed by atoms with Gasteiger partial charge in [-0.2, -0.15) is 0 Å². The lowest BCUT2D eigenvalue weighted by atomic mass is 10.1. The molecule has 1 heterocycles. The molecule has 0 saturated carbocycles. The minimum atomic E-state index is 0.275. The molecule has 0 amide bonds. The summed E-state index contributed by atoms with van der Waals surface area (Å²) < 4.78 is 0. The molecule has 1 atom stereocenters. The summed E-state index contributed by atoms with van der Waals surface area (Å²) in [4.78, 5) is 14.5. The summed E-state index contributed by atoms with van der Waals surface area (Å²) in [5.41, 5.74) is 1.44. The second-order valence-electron chi connectivity index (χ2n) is 4.54. The van der Waals surface area contributed by atoms with Crippen molar-refractivity contribution in [1.82, 2.24) is 0 Å². The fourth-order valence-corrected chi connectivity index (χ4v) is 3.22. The third-order valence-corrected chi connectivity index (χ3v) is 4.44. The van der Waals surface area contributed by atoms with Crippen LogP contribution in [0.2, 0.25) is 5.02 Å². The van der Waals surface area contributed by atoms with Gasteiger partial charge in [-0.15, -0.1) is 11.3 Å². The summed E-state index contributed by atoms with van der Waals surface area (Å²) in [7, 11) is 1.98. The molecule has 0 aliphatic rings. The van der Waals surface area contributed by atoms with Gasteiger partial charge < -0.3 is 4.90 Å². The number of carbonyl (C=O) groups is 1. The summed E-state index contributed by atoms with van der Waals surface area (Å²) in [5.74, 6) is 0. The number of rotatable bonds is 5. The van der Waals surface area contributed by atoms with Crippen molar-refractivity contribution in [1.29, 1.82) is 0 Å². The number of aldehydes is 1. The average molecular weight is 294 g/mol. The molecule has 1 aromatic heterocycles. The van der Waals surface area contributed by atoms with E-state index in [4.69, 9.17) is 11.6 Å². The van der Waals surface area contributed by atoms with Crippen LogP contribution in [0.4, 0.5) is 5.69 Å². The van der Waals surface area contributed by atoms with Gasteiger partial charge in [-0.1, -0.05) is 23.7 Å². The number of halogens is 1. The van der Waals surface area contributed by atoms with Crippen LogP contribution in [0.5, 0.6) is 0 Å². The molecular weight excluding hydrogens is 278 g/mol. The highest BCUT2D eigenvalue weighted by atomic mass is 35.5. The Morgan fingerprint density at radius 3 is 2.79 bits per heavy atom. The van der Waals surface area contributed by atoms with Gasteiger partial charge in [0.25, 0.3) is 0 Å². The van der Waals surface area contributed by atoms with Crippen LogP contribution in [0.1, 0.15) is 22.2 Å². The molecular formula is C15H16ClNOS. The molecule has 0 fully saturated rings. The lowest BCUT2D eigenvalue weighted by Crippen LogP contribution is -2.31. The zero-order chi connectivity index (χ0) is 13.8.